The molecule has 106 valence electrons. The molecule has 2 aliphatic rings. The Bertz CT molecular complexity index is 388. The molecule has 5 heteroatoms. The van der Waals surface area contributed by atoms with Gasteiger partial charge >= 0.3 is 0 Å². The van der Waals surface area contributed by atoms with Crippen LogP contribution >= 0.6 is 0 Å². The minimum Gasteiger partial charge on any atom is -0.387 e. The van der Waals surface area contributed by atoms with Gasteiger partial charge in [0.2, 0.25) is 0 Å². The van der Waals surface area contributed by atoms with E-state index in [1.165, 1.54) is 38.6 Å². The fraction of sp³-hybridized carbons (Fsp3) is 0.857. The molecular formula is C14H24N4O. The Labute approximate surface area is 114 Å². The average Bonchev–Trinajstić information content (AvgIpc) is 3.02. The lowest BCUT2D eigenvalue weighted by Crippen LogP contribution is -2.39. The number of hydrogen-bond donors (Lipinski definition) is 1. The van der Waals surface area contributed by atoms with Crippen molar-refractivity contribution in [3.05, 3.63) is 12.4 Å². The van der Waals surface area contributed by atoms with Crippen molar-refractivity contribution in [3.8, 4) is 0 Å². The number of β-amino-alcohol motifs (C(OH)–C–C–N with tert-alkyl or cyclic N) is 1. The van der Waals surface area contributed by atoms with Crippen LogP contribution in [0.25, 0.3) is 0 Å². The zero-order valence-electron chi connectivity index (χ0n) is 11.5. The Morgan fingerprint density at radius 3 is 2.84 bits per heavy atom. The van der Waals surface area contributed by atoms with Crippen LogP contribution in [0.2, 0.25) is 0 Å². The Kier molecular flexibility index (Phi) is 3.84. The van der Waals surface area contributed by atoms with Crippen LogP contribution in [0.15, 0.2) is 12.4 Å². The number of hydrogen-bond acceptors (Lipinski definition) is 4. The number of aromatic nitrogens is 3. The van der Waals surface area contributed by atoms with Gasteiger partial charge in [0.15, 0.2) is 0 Å². The summed E-state index contributed by atoms with van der Waals surface area (Å²) in [7, 11) is 0. The molecule has 1 N–H and O–H groups in total. The lowest BCUT2D eigenvalue weighted by atomic mass is 9.89. The van der Waals surface area contributed by atoms with E-state index in [0.29, 0.717) is 6.54 Å². The summed E-state index contributed by atoms with van der Waals surface area (Å²) in [4.78, 5) is 2.44. The largest absolute Gasteiger partial charge is 0.387 e. The van der Waals surface area contributed by atoms with Gasteiger partial charge in [0.1, 0.15) is 0 Å². The highest BCUT2D eigenvalue weighted by Crippen LogP contribution is 2.28. The van der Waals surface area contributed by atoms with Gasteiger partial charge in [0, 0.05) is 25.8 Å². The molecule has 1 atom stereocenters. The first-order valence-electron chi connectivity index (χ1n) is 7.52. The SMILES string of the molecule is OC1(Cn2ccnn2)CCN(CC2CCCCC2)C1. The molecule has 1 aliphatic heterocycles. The number of likely N-dealkylation sites (tertiary alicyclic amines) is 1. The Morgan fingerprint density at radius 1 is 1.26 bits per heavy atom. The first-order valence-corrected chi connectivity index (χ1v) is 7.52. The van der Waals surface area contributed by atoms with Gasteiger partial charge in [-0.1, -0.05) is 24.5 Å². The quantitative estimate of drug-likeness (QED) is 0.890. The van der Waals surface area contributed by atoms with Gasteiger partial charge in [-0.05, 0) is 25.2 Å². The highest BCUT2D eigenvalue weighted by molar-refractivity contribution is 4.91. The fourth-order valence-electron chi connectivity index (χ4n) is 3.58. The van der Waals surface area contributed by atoms with Gasteiger partial charge in [-0.2, -0.15) is 0 Å². The van der Waals surface area contributed by atoms with Crippen molar-refractivity contribution in [1.82, 2.24) is 19.9 Å². The van der Waals surface area contributed by atoms with E-state index in [4.69, 9.17) is 0 Å². The summed E-state index contributed by atoms with van der Waals surface area (Å²) in [5.41, 5.74) is -0.623. The van der Waals surface area contributed by atoms with Crippen LogP contribution in [0, 0.1) is 5.92 Å². The molecule has 1 unspecified atom stereocenters. The summed E-state index contributed by atoms with van der Waals surface area (Å²) >= 11 is 0. The number of nitrogens with zero attached hydrogens (tertiary/aromatic N) is 4. The second-order valence-corrected chi connectivity index (χ2v) is 6.31. The van der Waals surface area contributed by atoms with Crippen molar-refractivity contribution in [2.24, 2.45) is 5.92 Å². The zero-order valence-corrected chi connectivity index (χ0v) is 11.5. The second kappa shape index (κ2) is 5.59. The molecule has 2 heterocycles. The Morgan fingerprint density at radius 2 is 2.11 bits per heavy atom. The molecule has 1 aromatic heterocycles. The maximum absolute atomic E-state index is 10.6. The van der Waals surface area contributed by atoms with Crippen molar-refractivity contribution < 1.29 is 5.11 Å². The Hall–Kier alpha value is -0.940. The molecular weight excluding hydrogens is 240 g/mol. The molecule has 1 aromatic rings. The normalized spacial score (nSPS) is 29.9. The van der Waals surface area contributed by atoms with E-state index in [-0.39, 0.29) is 0 Å². The number of aliphatic hydroxyl groups is 1. The van der Waals surface area contributed by atoms with Crippen LogP contribution in [-0.2, 0) is 6.54 Å². The predicted octanol–water partition coefficient (Wildman–Crippen LogP) is 1.30. The first kappa shape index (κ1) is 13.1. The predicted molar refractivity (Wildman–Crippen MR) is 72.6 cm³/mol. The third-order valence-electron chi connectivity index (χ3n) is 4.58. The lowest BCUT2D eigenvalue weighted by Gasteiger charge is -2.28. The van der Waals surface area contributed by atoms with Crippen LogP contribution in [0.1, 0.15) is 38.5 Å². The van der Waals surface area contributed by atoms with Gasteiger partial charge in [-0.3, -0.25) is 0 Å². The van der Waals surface area contributed by atoms with E-state index in [9.17, 15) is 5.11 Å². The third kappa shape index (κ3) is 3.34. The molecule has 0 radical (unpaired) electrons. The van der Waals surface area contributed by atoms with E-state index >= 15 is 0 Å². The van der Waals surface area contributed by atoms with Crippen molar-refractivity contribution in [2.45, 2.75) is 50.7 Å². The summed E-state index contributed by atoms with van der Waals surface area (Å²) in [5.74, 6) is 0.850. The van der Waals surface area contributed by atoms with E-state index in [1.807, 2.05) is 6.20 Å². The van der Waals surface area contributed by atoms with E-state index in [1.54, 1.807) is 10.9 Å². The van der Waals surface area contributed by atoms with Crippen LogP contribution in [0.4, 0.5) is 0 Å². The monoisotopic (exact) mass is 264 g/mol. The summed E-state index contributed by atoms with van der Waals surface area (Å²) in [6.45, 7) is 3.53. The van der Waals surface area contributed by atoms with E-state index < -0.39 is 5.60 Å². The molecule has 19 heavy (non-hydrogen) atoms. The molecule has 3 rings (SSSR count). The van der Waals surface area contributed by atoms with Crippen molar-refractivity contribution >= 4 is 0 Å². The molecule has 1 aliphatic carbocycles. The second-order valence-electron chi connectivity index (χ2n) is 6.31. The lowest BCUT2D eigenvalue weighted by molar-refractivity contribution is 0.0261. The summed E-state index contributed by atoms with van der Waals surface area (Å²) < 4.78 is 1.74. The van der Waals surface area contributed by atoms with E-state index in [0.717, 1.165) is 25.4 Å². The molecule has 1 saturated heterocycles. The van der Waals surface area contributed by atoms with Gasteiger partial charge in [-0.15, -0.1) is 5.10 Å². The first-order chi connectivity index (χ1) is 9.23. The minimum atomic E-state index is -0.623. The molecule has 0 amide bonds. The smallest absolute Gasteiger partial charge is 0.0981 e. The zero-order chi connectivity index (χ0) is 13.1. The van der Waals surface area contributed by atoms with Crippen LogP contribution < -0.4 is 0 Å². The topological polar surface area (TPSA) is 54.2 Å². The molecule has 1 saturated carbocycles. The fourth-order valence-corrected chi connectivity index (χ4v) is 3.58. The highest BCUT2D eigenvalue weighted by Gasteiger charge is 2.37. The summed E-state index contributed by atoms with van der Waals surface area (Å²) in [6, 6.07) is 0. The van der Waals surface area contributed by atoms with Crippen LogP contribution in [-0.4, -0.2) is 50.2 Å². The molecule has 2 fully saturated rings. The van der Waals surface area contributed by atoms with Gasteiger partial charge in [0.25, 0.3) is 0 Å². The maximum Gasteiger partial charge on any atom is 0.0981 e. The molecule has 5 nitrogen and oxygen atoms in total. The standard InChI is InChI=1S/C14H24N4O/c19-14(12-18-9-7-15-16-18)6-8-17(11-14)10-13-4-2-1-3-5-13/h7,9,13,19H,1-6,8,10-12H2. The average molecular weight is 264 g/mol. The minimum absolute atomic E-state index is 0.564. The molecule has 0 spiro atoms. The van der Waals surface area contributed by atoms with Gasteiger partial charge in [0.05, 0.1) is 18.3 Å². The number of rotatable bonds is 4. The Balaban J connectivity index is 1.51. The van der Waals surface area contributed by atoms with Crippen molar-refractivity contribution in [2.75, 3.05) is 19.6 Å². The van der Waals surface area contributed by atoms with Crippen LogP contribution in [0.3, 0.4) is 0 Å². The van der Waals surface area contributed by atoms with Gasteiger partial charge in [-0.25, -0.2) is 4.68 Å². The van der Waals surface area contributed by atoms with E-state index in [2.05, 4.69) is 15.2 Å². The summed E-state index contributed by atoms with van der Waals surface area (Å²) in [5, 5.41) is 18.4. The summed E-state index contributed by atoms with van der Waals surface area (Å²) in [6.07, 6.45) is 11.3. The highest BCUT2D eigenvalue weighted by atomic mass is 16.3. The van der Waals surface area contributed by atoms with Gasteiger partial charge < -0.3 is 10.0 Å². The maximum atomic E-state index is 10.6. The molecule has 0 aromatic carbocycles. The van der Waals surface area contributed by atoms with Crippen molar-refractivity contribution in [1.29, 1.82) is 0 Å². The third-order valence-corrected chi connectivity index (χ3v) is 4.58. The van der Waals surface area contributed by atoms with Crippen molar-refractivity contribution in [3.63, 3.8) is 0 Å². The molecule has 0 bridgehead atoms. The van der Waals surface area contributed by atoms with Crippen LogP contribution in [0.5, 0.6) is 0 Å².